The molecule has 0 amide bonds. The minimum absolute atomic E-state index is 0.539. The highest BCUT2D eigenvalue weighted by molar-refractivity contribution is 5.85. The van der Waals surface area contributed by atoms with Crippen LogP contribution < -0.4 is 0 Å². The van der Waals surface area contributed by atoms with Crippen LogP contribution in [0.3, 0.4) is 0 Å². The molecule has 0 saturated carbocycles. The smallest absolute Gasteiger partial charge is 0.00928 e. The molecule has 0 spiro atoms. The van der Waals surface area contributed by atoms with Crippen molar-refractivity contribution in [2.75, 3.05) is 0 Å². The molecule has 0 aliphatic heterocycles. The molecule has 0 atom stereocenters. The molecule has 0 rings (SSSR count). The van der Waals surface area contributed by atoms with Crippen LogP contribution in [0.1, 0.15) is 19.8 Å². The lowest BCUT2D eigenvalue weighted by Gasteiger charge is -1.84. The molecule has 0 aromatic carbocycles. The topological polar surface area (TPSA) is 23.9 Å². The summed E-state index contributed by atoms with van der Waals surface area (Å²) in [6, 6.07) is 0. The quantitative estimate of drug-likeness (QED) is 0.492. The Morgan fingerprint density at radius 2 is 2.33 bits per heavy atom. The van der Waals surface area contributed by atoms with Crippen LogP contribution in [0.4, 0.5) is 0 Å². The van der Waals surface area contributed by atoms with E-state index >= 15 is 0 Å². The van der Waals surface area contributed by atoms with Gasteiger partial charge in [-0.25, -0.2) is 0 Å². The van der Waals surface area contributed by atoms with Crippen LogP contribution in [0, 0.1) is 12.3 Å². The van der Waals surface area contributed by atoms with Crippen molar-refractivity contribution in [2.45, 2.75) is 19.8 Å². The Balaban J connectivity index is 2.83. The van der Waals surface area contributed by atoms with Gasteiger partial charge in [0.15, 0.2) is 0 Å². The van der Waals surface area contributed by atoms with Gasteiger partial charge in [-0.2, -0.15) is 0 Å². The number of hydrogen-bond acceptors (Lipinski definition) is 1. The van der Waals surface area contributed by atoms with Crippen molar-refractivity contribution in [3.05, 3.63) is 6.92 Å². The van der Waals surface area contributed by atoms with Gasteiger partial charge in [0, 0.05) is 5.71 Å². The summed E-state index contributed by atoms with van der Waals surface area (Å²) in [4.78, 5) is 0. The van der Waals surface area contributed by atoms with Gasteiger partial charge in [0.2, 0.25) is 0 Å². The zero-order chi connectivity index (χ0) is 4.99. The second kappa shape index (κ2) is 2.88. The Bertz CT molecular complexity index is 47.9. The van der Waals surface area contributed by atoms with Gasteiger partial charge in [-0.15, -0.1) is 0 Å². The van der Waals surface area contributed by atoms with Gasteiger partial charge in [-0.1, -0.05) is 13.3 Å². The Morgan fingerprint density at radius 3 is 2.33 bits per heavy atom. The van der Waals surface area contributed by atoms with Crippen LogP contribution in [0.25, 0.3) is 0 Å². The zero-order valence-corrected chi connectivity index (χ0v) is 4.12. The van der Waals surface area contributed by atoms with Crippen LogP contribution in [0.15, 0.2) is 0 Å². The van der Waals surface area contributed by atoms with Crippen LogP contribution >= 0.6 is 0 Å². The predicted octanol–water partition coefficient (Wildman–Crippen LogP) is 1.64. The Labute approximate surface area is 38.9 Å². The molecule has 1 radical (unpaired) electrons. The Kier molecular flexibility index (Phi) is 2.73. The van der Waals surface area contributed by atoms with Crippen molar-refractivity contribution in [3.8, 4) is 0 Å². The molecule has 1 heteroatoms. The molecule has 0 heterocycles. The molecule has 0 saturated heterocycles. The van der Waals surface area contributed by atoms with E-state index in [0.29, 0.717) is 5.71 Å². The SMILES string of the molecule is [CH2]C(=N)CCC. The molecule has 0 bridgehead atoms. The normalized spacial score (nSPS) is 8.33. The standard InChI is InChI=1S/C5H10N/c1-3-4-5(2)6/h6H,2-4H2,1H3. The molecule has 0 unspecified atom stereocenters. The number of hydrogen-bond donors (Lipinski definition) is 1. The third-order valence-electron chi connectivity index (χ3n) is 0.552. The molecule has 0 aromatic heterocycles. The van der Waals surface area contributed by atoms with Crippen molar-refractivity contribution in [1.82, 2.24) is 0 Å². The molecule has 35 valence electrons. The van der Waals surface area contributed by atoms with Gasteiger partial charge in [0.25, 0.3) is 0 Å². The van der Waals surface area contributed by atoms with E-state index in [0.717, 1.165) is 12.8 Å². The van der Waals surface area contributed by atoms with E-state index in [1.807, 2.05) is 6.92 Å². The van der Waals surface area contributed by atoms with E-state index in [4.69, 9.17) is 5.41 Å². The van der Waals surface area contributed by atoms with Crippen molar-refractivity contribution in [3.63, 3.8) is 0 Å². The molecule has 0 aromatic rings. The summed E-state index contributed by atoms with van der Waals surface area (Å²) >= 11 is 0. The molecule has 0 fully saturated rings. The number of nitrogens with one attached hydrogen (secondary N) is 1. The van der Waals surface area contributed by atoms with Gasteiger partial charge in [0.05, 0.1) is 0 Å². The number of rotatable bonds is 2. The monoisotopic (exact) mass is 84.1 g/mol. The predicted molar refractivity (Wildman–Crippen MR) is 28.0 cm³/mol. The fourth-order valence-corrected chi connectivity index (χ4v) is 0.302. The first-order valence-corrected chi connectivity index (χ1v) is 2.16. The highest BCUT2D eigenvalue weighted by atomic mass is 14.4. The van der Waals surface area contributed by atoms with Crippen LogP contribution in [0.5, 0.6) is 0 Å². The van der Waals surface area contributed by atoms with Gasteiger partial charge >= 0.3 is 0 Å². The first-order valence-electron chi connectivity index (χ1n) is 2.16. The van der Waals surface area contributed by atoms with Gasteiger partial charge in [0.1, 0.15) is 0 Å². The van der Waals surface area contributed by atoms with E-state index in [1.165, 1.54) is 0 Å². The summed E-state index contributed by atoms with van der Waals surface area (Å²) < 4.78 is 0. The van der Waals surface area contributed by atoms with Crippen molar-refractivity contribution >= 4 is 5.71 Å². The molecular formula is C5H10N. The summed E-state index contributed by atoms with van der Waals surface area (Å²) in [6.45, 7) is 5.45. The largest absolute Gasteiger partial charge is 0.310 e. The maximum absolute atomic E-state index is 6.78. The van der Waals surface area contributed by atoms with E-state index in [2.05, 4.69) is 6.92 Å². The molecular weight excluding hydrogens is 74.1 g/mol. The van der Waals surface area contributed by atoms with E-state index in [9.17, 15) is 0 Å². The van der Waals surface area contributed by atoms with Gasteiger partial charge < -0.3 is 5.41 Å². The Morgan fingerprint density at radius 1 is 1.83 bits per heavy atom. The van der Waals surface area contributed by atoms with Gasteiger partial charge in [-0.05, 0) is 13.3 Å². The average molecular weight is 84.1 g/mol. The minimum atomic E-state index is 0.539. The average Bonchev–Trinajstić information content (AvgIpc) is 1.35. The lowest BCUT2D eigenvalue weighted by molar-refractivity contribution is 0.990. The summed E-state index contributed by atoms with van der Waals surface area (Å²) in [5, 5.41) is 6.78. The zero-order valence-electron chi connectivity index (χ0n) is 4.12. The second-order valence-electron chi connectivity index (χ2n) is 1.35. The summed E-state index contributed by atoms with van der Waals surface area (Å²) in [5.74, 6) is 0. The molecule has 1 N–H and O–H groups in total. The summed E-state index contributed by atoms with van der Waals surface area (Å²) in [7, 11) is 0. The molecule has 0 aliphatic carbocycles. The van der Waals surface area contributed by atoms with Crippen LogP contribution in [0.2, 0.25) is 0 Å². The highest BCUT2D eigenvalue weighted by Crippen LogP contribution is 1.84. The molecule has 1 nitrogen and oxygen atoms in total. The molecule has 6 heavy (non-hydrogen) atoms. The van der Waals surface area contributed by atoms with Gasteiger partial charge in [-0.3, -0.25) is 0 Å². The van der Waals surface area contributed by atoms with E-state index in [1.54, 1.807) is 0 Å². The summed E-state index contributed by atoms with van der Waals surface area (Å²) in [6.07, 6.45) is 1.89. The minimum Gasteiger partial charge on any atom is -0.310 e. The maximum atomic E-state index is 6.78. The van der Waals surface area contributed by atoms with E-state index in [-0.39, 0.29) is 0 Å². The van der Waals surface area contributed by atoms with Crippen LogP contribution in [-0.4, -0.2) is 5.71 Å². The Hall–Kier alpha value is -0.330. The third-order valence-corrected chi connectivity index (χ3v) is 0.552. The van der Waals surface area contributed by atoms with Crippen molar-refractivity contribution in [1.29, 1.82) is 5.41 Å². The third kappa shape index (κ3) is 3.67. The lowest BCUT2D eigenvalue weighted by Crippen LogP contribution is -1.83. The maximum Gasteiger partial charge on any atom is 0.00928 e. The summed E-state index contributed by atoms with van der Waals surface area (Å²) in [5.41, 5.74) is 0.539. The van der Waals surface area contributed by atoms with E-state index < -0.39 is 0 Å². The highest BCUT2D eigenvalue weighted by Gasteiger charge is 1.78. The first kappa shape index (κ1) is 5.67. The fourth-order valence-electron chi connectivity index (χ4n) is 0.302. The van der Waals surface area contributed by atoms with Crippen molar-refractivity contribution < 1.29 is 0 Å². The van der Waals surface area contributed by atoms with Crippen molar-refractivity contribution in [2.24, 2.45) is 0 Å². The fraction of sp³-hybridized carbons (Fsp3) is 0.600. The van der Waals surface area contributed by atoms with Crippen LogP contribution in [-0.2, 0) is 0 Å². The lowest BCUT2D eigenvalue weighted by atomic mass is 10.2. The molecule has 0 aliphatic rings. The second-order valence-corrected chi connectivity index (χ2v) is 1.35. The first-order chi connectivity index (χ1) is 2.77.